The Balaban J connectivity index is 1.61. The van der Waals surface area contributed by atoms with Crippen molar-refractivity contribution in [3.63, 3.8) is 0 Å². The zero-order chi connectivity index (χ0) is 19.0. The maximum absolute atomic E-state index is 14.3. The van der Waals surface area contributed by atoms with Crippen LogP contribution in [0.1, 0.15) is 0 Å². The largest absolute Gasteiger partial charge is 0.368 e. The van der Waals surface area contributed by atoms with Crippen molar-refractivity contribution >= 4 is 26.6 Å². The number of fused-ring (bicyclic) bond motifs is 1. The Morgan fingerprint density at radius 2 is 1.52 bits per heavy atom. The highest BCUT2D eigenvalue weighted by atomic mass is 32.2. The number of hydrogen-bond donors (Lipinski definition) is 0. The van der Waals surface area contributed by atoms with Crippen molar-refractivity contribution in [2.45, 2.75) is 4.90 Å². The maximum atomic E-state index is 14.3. The van der Waals surface area contributed by atoms with E-state index in [0.29, 0.717) is 18.8 Å². The van der Waals surface area contributed by atoms with Gasteiger partial charge >= 0.3 is 0 Å². The summed E-state index contributed by atoms with van der Waals surface area (Å²) in [5.41, 5.74) is 0.501. The SMILES string of the molecule is O=S(=O)(c1ccccc1)N1CCN(c2ccnc3c(F)ccc(F)c23)CC1. The number of halogens is 2. The zero-order valence-electron chi connectivity index (χ0n) is 14.3. The number of aromatic nitrogens is 1. The first-order chi connectivity index (χ1) is 13.0. The van der Waals surface area contributed by atoms with Gasteiger partial charge in [-0.1, -0.05) is 18.2 Å². The molecule has 5 nitrogen and oxygen atoms in total. The molecule has 0 aliphatic carbocycles. The normalized spacial score (nSPS) is 16.0. The molecule has 2 heterocycles. The second-order valence-corrected chi connectivity index (χ2v) is 8.23. The Morgan fingerprint density at radius 3 is 2.22 bits per heavy atom. The minimum absolute atomic E-state index is 0.0214. The van der Waals surface area contributed by atoms with Gasteiger partial charge in [0.25, 0.3) is 0 Å². The standard InChI is InChI=1S/C19H17F2N3O2S/c20-15-6-7-16(21)19-18(15)17(8-9-22-19)23-10-12-24(13-11-23)27(25,26)14-4-2-1-3-5-14/h1-9H,10-13H2. The van der Waals surface area contributed by atoms with Gasteiger partial charge < -0.3 is 4.90 Å². The molecule has 1 fully saturated rings. The number of piperazine rings is 1. The van der Waals surface area contributed by atoms with E-state index in [1.54, 1.807) is 36.4 Å². The average molecular weight is 389 g/mol. The lowest BCUT2D eigenvalue weighted by Crippen LogP contribution is -2.48. The van der Waals surface area contributed by atoms with E-state index in [-0.39, 0.29) is 28.9 Å². The highest BCUT2D eigenvalue weighted by molar-refractivity contribution is 7.89. The van der Waals surface area contributed by atoms with Gasteiger partial charge in [0, 0.05) is 32.4 Å². The van der Waals surface area contributed by atoms with E-state index in [2.05, 4.69) is 4.98 Å². The highest BCUT2D eigenvalue weighted by Crippen LogP contribution is 2.30. The van der Waals surface area contributed by atoms with Crippen molar-refractivity contribution in [3.8, 4) is 0 Å². The third kappa shape index (κ3) is 3.15. The van der Waals surface area contributed by atoms with E-state index in [1.807, 2.05) is 4.90 Å². The fourth-order valence-electron chi connectivity index (χ4n) is 3.35. The van der Waals surface area contributed by atoms with Gasteiger partial charge in [-0.2, -0.15) is 4.31 Å². The van der Waals surface area contributed by atoms with Gasteiger partial charge in [0.15, 0.2) is 0 Å². The molecule has 1 aliphatic heterocycles. The molecule has 0 atom stereocenters. The topological polar surface area (TPSA) is 53.5 Å². The molecular formula is C19H17F2N3O2S. The lowest BCUT2D eigenvalue weighted by molar-refractivity contribution is 0.385. The molecule has 140 valence electrons. The molecule has 1 saturated heterocycles. The molecule has 2 aromatic carbocycles. The smallest absolute Gasteiger partial charge is 0.243 e. The van der Waals surface area contributed by atoms with Crippen LogP contribution in [0.15, 0.2) is 59.6 Å². The summed E-state index contributed by atoms with van der Waals surface area (Å²) in [6.45, 7) is 1.28. The lowest BCUT2D eigenvalue weighted by Gasteiger charge is -2.35. The van der Waals surface area contributed by atoms with E-state index < -0.39 is 21.7 Å². The molecule has 0 saturated carbocycles. The summed E-state index contributed by atoms with van der Waals surface area (Å²) in [4.78, 5) is 6.06. The number of pyridine rings is 1. The number of sulfonamides is 1. The predicted molar refractivity (Wildman–Crippen MR) is 99.1 cm³/mol. The first-order valence-electron chi connectivity index (χ1n) is 8.51. The van der Waals surface area contributed by atoms with Crippen molar-refractivity contribution in [3.05, 3.63) is 66.4 Å². The fourth-order valence-corrected chi connectivity index (χ4v) is 4.79. The van der Waals surface area contributed by atoms with Gasteiger partial charge in [-0.25, -0.2) is 17.2 Å². The second kappa shape index (κ2) is 6.86. The summed E-state index contributed by atoms with van der Waals surface area (Å²) in [5.74, 6) is -1.13. The number of hydrogen-bond acceptors (Lipinski definition) is 4. The lowest BCUT2D eigenvalue weighted by atomic mass is 10.1. The molecule has 0 unspecified atom stereocenters. The first kappa shape index (κ1) is 17.8. The molecule has 1 aromatic heterocycles. The van der Waals surface area contributed by atoms with Crippen LogP contribution in [-0.2, 0) is 10.0 Å². The molecule has 1 aliphatic rings. The average Bonchev–Trinajstić information content (AvgIpc) is 2.71. The Bertz CT molecular complexity index is 1080. The summed E-state index contributed by atoms with van der Waals surface area (Å²) >= 11 is 0. The summed E-state index contributed by atoms with van der Waals surface area (Å²) in [6.07, 6.45) is 1.44. The van der Waals surface area contributed by atoms with Crippen LogP contribution in [0.3, 0.4) is 0 Å². The fraction of sp³-hybridized carbons (Fsp3) is 0.211. The quantitative estimate of drug-likeness (QED) is 0.691. The predicted octanol–water partition coefficient (Wildman–Crippen LogP) is 3.02. The van der Waals surface area contributed by atoms with Crippen LogP contribution in [0, 0.1) is 11.6 Å². The van der Waals surface area contributed by atoms with Crippen molar-refractivity contribution < 1.29 is 17.2 Å². The van der Waals surface area contributed by atoms with Crippen LogP contribution >= 0.6 is 0 Å². The van der Waals surface area contributed by atoms with Gasteiger partial charge in [0.05, 0.1) is 16.0 Å². The third-order valence-electron chi connectivity index (χ3n) is 4.73. The minimum Gasteiger partial charge on any atom is -0.368 e. The zero-order valence-corrected chi connectivity index (χ0v) is 15.2. The van der Waals surface area contributed by atoms with E-state index >= 15 is 0 Å². The maximum Gasteiger partial charge on any atom is 0.243 e. The summed E-state index contributed by atoms with van der Waals surface area (Å²) < 4.78 is 55.2. The Labute approximate surface area is 155 Å². The number of anilines is 1. The van der Waals surface area contributed by atoms with E-state index in [1.165, 1.54) is 10.5 Å². The van der Waals surface area contributed by atoms with Crippen LogP contribution in [0.2, 0.25) is 0 Å². The van der Waals surface area contributed by atoms with Gasteiger partial charge in [0.1, 0.15) is 17.2 Å². The Morgan fingerprint density at radius 1 is 0.852 bits per heavy atom. The van der Waals surface area contributed by atoms with Crippen molar-refractivity contribution in [1.82, 2.24) is 9.29 Å². The second-order valence-electron chi connectivity index (χ2n) is 6.29. The van der Waals surface area contributed by atoms with E-state index in [0.717, 1.165) is 12.1 Å². The monoisotopic (exact) mass is 389 g/mol. The Kier molecular flexibility index (Phi) is 4.53. The highest BCUT2D eigenvalue weighted by Gasteiger charge is 2.29. The number of nitrogens with zero attached hydrogens (tertiary/aromatic N) is 3. The molecular weight excluding hydrogens is 372 g/mol. The number of rotatable bonds is 3. The molecule has 0 N–H and O–H groups in total. The molecule has 4 rings (SSSR count). The van der Waals surface area contributed by atoms with Crippen molar-refractivity contribution in [1.29, 1.82) is 0 Å². The molecule has 0 bridgehead atoms. The van der Waals surface area contributed by atoms with Crippen LogP contribution in [0.4, 0.5) is 14.5 Å². The third-order valence-corrected chi connectivity index (χ3v) is 6.64. The molecule has 0 amide bonds. The van der Waals surface area contributed by atoms with Crippen molar-refractivity contribution in [2.24, 2.45) is 0 Å². The molecule has 3 aromatic rings. The summed E-state index contributed by atoms with van der Waals surface area (Å²) in [5, 5.41) is 0.122. The Hall–Kier alpha value is -2.58. The van der Waals surface area contributed by atoms with Crippen LogP contribution in [0.25, 0.3) is 10.9 Å². The van der Waals surface area contributed by atoms with Crippen molar-refractivity contribution in [2.75, 3.05) is 31.1 Å². The minimum atomic E-state index is -3.56. The van der Waals surface area contributed by atoms with Gasteiger partial charge in [-0.15, -0.1) is 0 Å². The first-order valence-corrected chi connectivity index (χ1v) is 9.95. The molecule has 0 spiro atoms. The molecule has 0 radical (unpaired) electrons. The van der Waals surface area contributed by atoms with Crippen LogP contribution in [-0.4, -0.2) is 43.9 Å². The van der Waals surface area contributed by atoms with E-state index in [9.17, 15) is 17.2 Å². The van der Waals surface area contributed by atoms with Gasteiger partial charge in [-0.05, 0) is 30.3 Å². The molecule has 27 heavy (non-hydrogen) atoms. The van der Waals surface area contributed by atoms with Gasteiger partial charge in [-0.3, -0.25) is 4.98 Å². The summed E-state index contributed by atoms with van der Waals surface area (Å²) in [7, 11) is -3.56. The van der Waals surface area contributed by atoms with Crippen LogP contribution in [0.5, 0.6) is 0 Å². The molecule has 8 heteroatoms. The summed E-state index contributed by atoms with van der Waals surface area (Å²) in [6, 6.07) is 12.0. The van der Waals surface area contributed by atoms with Gasteiger partial charge in [0.2, 0.25) is 10.0 Å². The van der Waals surface area contributed by atoms with Crippen LogP contribution < -0.4 is 4.90 Å². The van der Waals surface area contributed by atoms with E-state index in [4.69, 9.17) is 0 Å². The number of benzene rings is 2.